The van der Waals surface area contributed by atoms with Gasteiger partial charge >= 0.3 is 0 Å². The third kappa shape index (κ3) is 2.43. The highest BCUT2D eigenvalue weighted by atomic mass is 35.5. The number of aliphatic hydroxyl groups excluding tert-OH is 1. The standard InChI is InChI=1S/C11H9Cl3N2O/c1-16-10(9(14)5-15-16)11(17)7-3-2-6(12)4-8(7)13/h2-5,11,17H,1H3. The highest BCUT2D eigenvalue weighted by Gasteiger charge is 2.20. The van der Waals surface area contributed by atoms with Crippen molar-refractivity contribution in [2.75, 3.05) is 0 Å². The van der Waals surface area contributed by atoms with E-state index in [1.807, 2.05) is 0 Å². The van der Waals surface area contributed by atoms with E-state index in [-0.39, 0.29) is 0 Å². The molecule has 6 heteroatoms. The quantitative estimate of drug-likeness (QED) is 0.920. The van der Waals surface area contributed by atoms with Crippen molar-refractivity contribution in [3.63, 3.8) is 0 Å². The molecule has 0 aliphatic heterocycles. The van der Waals surface area contributed by atoms with Gasteiger partial charge in [-0.15, -0.1) is 0 Å². The minimum absolute atomic E-state index is 0.391. The molecule has 1 aromatic heterocycles. The van der Waals surface area contributed by atoms with Gasteiger partial charge in [0.25, 0.3) is 0 Å². The van der Waals surface area contributed by atoms with Crippen LogP contribution in [-0.4, -0.2) is 14.9 Å². The molecule has 17 heavy (non-hydrogen) atoms. The number of hydrogen-bond acceptors (Lipinski definition) is 2. The van der Waals surface area contributed by atoms with E-state index in [4.69, 9.17) is 34.8 Å². The predicted octanol–water partition coefficient (Wildman–Crippen LogP) is 3.46. The lowest BCUT2D eigenvalue weighted by molar-refractivity contribution is 0.210. The molecule has 0 spiro atoms. The van der Waals surface area contributed by atoms with Gasteiger partial charge in [-0.3, -0.25) is 4.68 Å². The predicted molar refractivity (Wildman–Crippen MR) is 68.7 cm³/mol. The first-order valence-corrected chi connectivity index (χ1v) is 5.94. The maximum absolute atomic E-state index is 10.2. The van der Waals surface area contributed by atoms with Gasteiger partial charge in [0, 0.05) is 22.7 Å². The summed E-state index contributed by atoms with van der Waals surface area (Å²) in [6, 6.07) is 4.90. The van der Waals surface area contributed by atoms with E-state index < -0.39 is 6.10 Å². The van der Waals surface area contributed by atoms with Crippen molar-refractivity contribution in [1.29, 1.82) is 0 Å². The number of benzene rings is 1. The zero-order valence-corrected chi connectivity index (χ0v) is 11.1. The van der Waals surface area contributed by atoms with Gasteiger partial charge in [0.1, 0.15) is 6.10 Å². The zero-order chi connectivity index (χ0) is 12.6. The van der Waals surface area contributed by atoms with Crippen LogP contribution in [0.5, 0.6) is 0 Å². The SMILES string of the molecule is Cn1ncc(Cl)c1C(O)c1ccc(Cl)cc1Cl. The van der Waals surface area contributed by atoms with Crippen molar-refractivity contribution in [2.24, 2.45) is 7.05 Å². The molecule has 0 aliphatic rings. The van der Waals surface area contributed by atoms with E-state index in [2.05, 4.69) is 5.10 Å². The maximum Gasteiger partial charge on any atom is 0.124 e. The van der Waals surface area contributed by atoms with E-state index >= 15 is 0 Å². The summed E-state index contributed by atoms with van der Waals surface area (Å²) in [6.45, 7) is 0. The topological polar surface area (TPSA) is 38.0 Å². The third-order valence-corrected chi connectivity index (χ3v) is 3.31. The van der Waals surface area contributed by atoms with Crippen LogP contribution in [0.1, 0.15) is 17.4 Å². The first-order chi connectivity index (χ1) is 8.00. The number of nitrogens with zero attached hydrogens (tertiary/aromatic N) is 2. The van der Waals surface area contributed by atoms with Crippen LogP contribution in [0.15, 0.2) is 24.4 Å². The molecule has 3 nitrogen and oxygen atoms in total. The number of rotatable bonds is 2. The second-order valence-corrected chi connectivity index (χ2v) is 4.82. The van der Waals surface area contributed by atoms with Gasteiger partial charge in [0.2, 0.25) is 0 Å². The first-order valence-electron chi connectivity index (χ1n) is 4.81. The fraction of sp³-hybridized carbons (Fsp3) is 0.182. The largest absolute Gasteiger partial charge is 0.382 e. The molecule has 0 bridgehead atoms. The summed E-state index contributed by atoms with van der Waals surface area (Å²) >= 11 is 17.8. The molecule has 1 atom stereocenters. The average molecular weight is 292 g/mol. The van der Waals surface area contributed by atoms with Crippen molar-refractivity contribution in [1.82, 2.24) is 9.78 Å². The van der Waals surface area contributed by atoms with Crippen LogP contribution in [0, 0.1) is 0 Å². The van der Waals surface area contributed by atoms with Crippen LogP contribution in [0.4, 0.5) is 0 Å². The molecule has 0 radical (unpaired) electrons. The van der Waals surface area contributed by atoms with Gasteiger partial charge in [-0.25, -0.2) is 0 Å². The highest BCUT2D eigenvalue weighted by molar-refractivity contribution is 6.35. The fourth-order valence-corrected chi connectivity index (χ4v) is 2.38. The van der Waals surface area contributed by atoms with Crippen molar-refractivity contribution < 1.29 is 5.11 Å². The number of hydrogen-bond donors (Lipinski definition) is 1. The molecular formula is C11H9Cl3N2O. The Morgan fingerprint density at radius 2 is 1.94 bits per heavy atom. The Kier molecular flexibility index (Phi) is 3.64. The molecule has 2 aromatic rings. The number of aryl methyl sites for hydroxylation is 1. The van der Waals surface area contributed by atoms with Gasteiger partial charge < -0.3 is 5.11 Å². The molecule has 0 aliphatic carbocycles. The molecule has 90 valence electrons. The second kappa shape index (κ2) is 4.86. The lowest BCUT2D eigenvalue weighted by Gasteiger charge is -2.14. The summed E-state index contributed by atoms with van der Waals surface area (Å²) in [4.78, 5) is 0. The van der Waals surface area contributed by atoms with E-state index in [9.17, 15) is 5.11 Å². The first kappa shape index (κ1) is 12.7. The Bertz CT molecular complexity index is 534. The van der Waals surface area contributed by atoms with Gasteiger partial charge in [0.05, 0.1) is 16.9 Å². The summed E-state index contributed by atoms with van der Waals surface area (Å²) in [7, 11) is 1.70. The van der Waals surface area contributed by atoms with Gasteiger partial charge in [-0.1, -0.05) is 40.9 Å². The van der Waals surface area contributed by atoms with E-state index in [0.29, 0.717) is 26.3 Å². The Balaban J connectivity index is 2.47. The van der Waals surface area contributed by atoms with E-state index in [0.717, 1.165) is 0 Å². The smallest absolute Gasteiger partial charge is 0.124 e. The van der Waals surface area contributed by atoms with Crippen molar-refractivity contribution in [3.8, 4) is 0 Å². The monoisotopic (exact) mass is 290 g/mol. The molecule has 0 amide bonds. The molecule has 0 fully saturated rings. The third-order valence-electron chi connectivity index (χ3n) is 2.45. The average Bonchev–Trinajstić information content (AvgIpc) is 2.58. The highest BCUT2D eigenvalue weighted by Crippen LogP contribution is 2.33. The number of aromatic nitrogens is 2. The minimum Gasteiger partial charge on any atom is -0.382 e. The molecule has 0 saturated carbocycles. The van der Waals surface area contributed by atoms with Gasteiger partial charge in [0.15, 0.2) is 0 Å². The van der Waals surface area contributed by atoms with Gasteiger partial charge in [-0.05, 0) is 12.1 Å². The molecular weight excluding hydrogens is 282 g/mol. The van der Waals surface area contributed by atoms with Crippen LogP contribution in [-0.2, 0) is 7.05 Å². The number of aliphatic hydroxyl groups is 1. The molecule has 1 N–H and O–H groups in total. The second-order valence-electron chi connectivity index (χ2n) is 3.57. The van der Waals surface area contributed by atoms with Crippen LogP contribution in [0.2, 0.25) is 15.1 Å². The number of halogens is 3. The Labute approximate surface area is 114 Å². The summed E-state index contributed by atoms with van der Waals surface area (Å²) in [5, 5.41) is 15.5. The Morgan fingerprint density at radius 3 is 2.47 bits per heavy atom. The van der Waals surface area contributed by atoms with Crippen LogP contribution < -0.4 is 0 Å². The fourth-order valence-electron chi connectivity index (χ4n) is 1.60. The minimum atomic E-state index is -0.931. The molecule has 2 rings (SSSR count). The van der Waals surface area contributed by atoms with Crippen LogP contribution >= 0.6 is 34.8 Å². The van der Waals surface area contributed by atoms with Crippen molar-refractivity contribution in [3.05, 3.63) is 50.7 Å². The Hall–Kier alpha value is -0.740. The summed E-state index contributed by atoms with van der Waals surface area (Å²) in [5.74, 6) is 0. The normalized spacial score (nSPS) is 12.8. The van der Waals surface area contributed by atoms with Crippen LogP contribution in [0.3, 0.4) is 0 Å². The molecule has 1 heterocycles. The summed E-state index contributed by atoms with van der Waals surface area (Å²) in [6.07, 6.45) is 0.545. The Morgan fingerprint density at radius 1 is 1.24 bits per heavy atom. The maximum atomic E-state index is 10.2. The van der Waals surface area contributed by atoms with E-state index in [1.54, 1.807) is 25.2 Å². The molecule has 0 saturated heterocycles. The van der Waals surface area contributed by atoms with E-state index in [1.165, 1.54) is 10.9 Å². The summed E-state index contributed by atoms with van der Waals surface area (Å²) < 4.78 is 1.51. The lowest BCUT2D eigenvalue weighted by atomic mass is 10.1. The molecule has 1 aromatic carbocycles. The van der Waals surface area contributed by atoms with Crippen LogP contribution in [0.25, 0.3) is 0 Å². The zero-order valence-electron chi connectivity index (χ0n) is 8.86. The lowest BCUT2D eigenvalue weighted by Crippen LogP contribution is -2.07. The van der Waals surface area contributed by atoms with Crippen molar-refractivity contribution >= 4 is 34.8 Å². The summed E-state index contributed by atoms with van der Waals surface area (Å²) in [5.41, 5.74) is 1.04. The molecule has 1 unspecified atom stereocenters. The van der Waals surface area contributed by atoms with Crippen molar-refractivity contribution in [2.45, 2.75) is 6.10 Å². The van der Waals surface area contributed by atoms with Gasteiger partial charge in [-0.2, -0.15) is 5.10 Å².